The van der Waals surface area contributed by atoms with Crippen molar-refractivity contribution in [2.24, 2.45) is 0 Å². The fraction of sp³-hybridized carbons (Fsp3) is 0.125. The van der Waals surface area contributed by atoms with Crippen molar-refractivity contribution < 1.29 is 9.59 Å². The Kier molecular flexibility index (Phi) is 7.51. The van der Waals surface area contributed by atoms with Crippen LogP contribution in [0, 0.1) is 0 Å². The summed E-state index contributed by atoms with van der Waals surface area (Å²) >= 11 is 12.4. The second-order valence-corrected chi connectivity index (χ2v) is 7.05. The van der Waals surface area contributed by atoms with Gasteiger partial charge in [-0.25, -0.2) is 0 Å². The first kappa shape index (κ1) is 17.8. The molecule has 0 aliphatic rings. The Morgan fingerprint density at radius 3 is 2.52 bits per heavy atom. The summed E-state index contributed by atoms with van der Waals surface area (Å²) in [5.74, 6) is 0.303. The Bertz CT molecular complexity index is 563. The minimum absolute atomic E-state index is 0.102. The third-order valence-electron chi connectivity index (χ3n) is 2.40. The number of thioether (sulfide) groups is 1. The van der Waals surface area contributed by atoms with E-state index in [1.807, 2.05) is 6.07 Å². The van der Waals surface area contributed by atoms with Gasteiger partial charge in [0.25, 0.3) is 0 Å². The van der Waals surface area contributed by atoms with Crippen molar-refractivity contribution in [3.8, 4) is 0 Å². The van der Waals surface area contributed by atoms with Crippen LogP contribution in [0.3, 0.4) is 0 Å². The van der Waals surface area contributed by atoms with E-state index >= 15 is 0 Å². The van der Waals surface area contributed by atoms with Crippen molar-refractivity contribution in [2.45, 2.75) is 3.67 Å². The fourth-order valence-electron chi connectivity index (χ4n) is 1.46. The normalized spacial score (nSPS) is 12.4. The van der Waals surface area contributed by atoms with Crippen molar-refractivity contribution in [3.05, 3.63) is 72.4 Å². The molecule has 0 atom stereocenters. The molecule has 0 bridgehead atoms. The molecule has 0 aromatic heterocycles. The molecule has 1 aromatic carbocycles. The average Bonchev–Trinajstić information content (AvgIpc) is 2.50. The number of aldehydes is 1. The number of carbonyl (C=O) groups excluding carboxylic acids is 2. The molecule has 0 N–H and O–H groups in total. The average molecular weight is 341 g/mol. The molecule has 0 spiro atoms. The van der Waals surface area contributed by atoms with E-state index in [0.29, 0.717) is 23.2 Å². The van der Waals surface area contributed by atoms with Crippen molar-refractivity contribution in [1.82, 2.24) is 0 Å². The standard InChI is InChI=1S/C16H14Cl2O2S/c1-2-7-13(10-6-11-21-16(17,18)12-19)15(20)14-8-4-3-5-9-14/h2-10,12H,1,11H2/b10-6-,13-7+. The molecular weight excluding hydrogens is 327 g/mol. The fourth-order valence-corrected chi connectivity index (χ4v) is 2.32. The molecule has 0 radical (unpaired) electrons. The molecule has 0 amide bonds. The number of ketones is 1. The lowest BCUT2D eigenvalue weighted by atomic mass is 10.0. The van der Waals surface area contributed by atoms with Crippen LogP contribution in [-0.4, -0.2) is 21.5 Å². The molecule has 0 aliphatic heterocycles. The van der Waals surface area contributed by atoms with E-state index in [2.05, 4.69) is 6.58 Å². The minimum atomic E-state index is -1.46. The summed E-state index contributed by atoms with van der Waals surface area (Å²) < 4.78 is -1.46. The largest absolute Gasteiger partial charge is 0.299 e. The van der Waals surface area contributed by atoms with Gasteiger partial charge in [0.2, 0.25) is 3.67 Å². The van der Waals surface area contributed by atoms with Crippen LogP contribution in [0.2, 0.25) is 0 Å². The summed E-state index contributed by atoms with van der Waals surface area (Å²) in [5, 5.41) is 0. The topological polar surface area (TPSA) is 34.1 Å². The Balaban J connectivity index is 2.75. The molecular formula is C16H14Cl2O2S. The van der Waals surface area contributed by atoms with Crippen molar-refractivity contribution in [2.75, 3.05) is 5.75 Å². The number of halogens is 2. The van der Waals surface area contributed by atoms with E-state index in [4.69, 9.17) is 23.2 Å². The third kappa shape index (κ3) is 6.34. The van der Waals surface area contributed by atoms with E-state index in [9.17, 15) is 9.59 Å². The van der Waals surface area contributed by atoms with Gasteiger partial charge >= 0.3 is 0 Å². The maximum Gasteiger partial charge on any atom is 0.218 e. The van der Waals surface area contributed by atoms with Crippen molar-refractivity contribution in [1.29, 1.82) is 0 Å². The van der Waals surface area contributed by atoms with E-state index in [-0.39, 0.29) is 5.78 Å². The van der Waals surface area contributed by atoms with Gasteiger partial charge in [0.15, 0.2) is 12.1 Å². The lowest BCUT2D eigenvalue weighted by Gasteiger charge is -2.08. The summed E-state index contributed by atoms with van der Waals surface area (Å²) in [7, 11) is 0. The summed E-state index contributed by atoms with van der Waals surface area (Å²) in [6.07, 6.45) is 7.03. The van der Waals surface area contributed by atoms with Crippen LogP contribution in [0.25, 0.3) is 0 Å². The van der Waals surface area contributed by atoms with Gasteiger partial charge in [0.1, 0.15) is 0 Å². The van der Waals surface area contributed by atoms with Crippen molar-refractivity contribution >= 4 is 47.0 Å². The summed E-state index contributed by atoms with van der Waals surface area (Å²) in [4.78, 5) is 22.9. The number of rotatable bonds is 8. The van der Waals surface area contributed by atoms with Crippen LogP contribution in [-0.2, 0) is 4.79 Å². The zero-order valence-electron chi connectivity index (χ0n) is 11.2. The van der Waals surface area contributed by atoms with E-state index in [1.165, 1.54) is 0 Å². The van der Waals surface area contributed by atoms with E-state index in [1.54, 1.807) is 48.6 Å². The molecule has 0 saturated heterocycles. The highest BCUT2D eigenvalue weighted by molar-refractivity contribution is 8.04. The Labute approximate surface area is 138 Å². The summed E-state index contributed by atoms with van der Waals surface area (Å²) in [6, 6.07) is 8.95. The predicted octanol–water partition coefficient (Wildman–Crippen LogP) is 4.60. The second kappa shape index (κ2) is 8.88. The zero-order valence-corrected chi connectivity index (χ0v) is 13.5. The maximum absolute atomic E-state index is 12.3. The van der Waals surface area contributed by atoms with Crippen LogP contribution < -0.4 is 0 Å². The molecule has 0 saturated carbocycles. The Morgan fingerprint density at radius 2 is 1.95 bits per heavy atom. The molecule has 110 valence electrons. The van der Waals surface area contributed by atoms with Gasteiger partial charge < -0.3 is 0 Å². The molecule has 5 heteroatoms. The van der Waals surface area contributed by atoms with Crippen LogP contribution in [0.15, 0.2) is 66.8 Å². The van der Waals surface area contributed by atoms with E-state index < -0.39 is 3.67 Å². The second-order valence-electron chi connectivity index (χ2n) is 3.95. The molecule has 2 nitrogen and oxygen atoms in total. The van der Waals surface area contributed by atoms with Crippen LogP contribution in [0.5, 0.6) is 0 Å². The number of benzene rings is 1. The first-order valence-electron chi connectivity index (χ1n) is 6.07. The van der Waals surface area contributed by atoms with Crippen LogP contribution in [0.4, 0.5) is 0 Å². The molecule has 1 aromatic rings. The predicted molar refractivity (Wildman–Crippen MR) is 91.2 cm³/mol. The first-order chi connectivity index (χ1) is 10.00. The number of Topliss-reactive ketones (excluding diaryl/α,β-unsaturated/α-hetero) is 1. The number of hydrogen-bond acceptors (Lipinski definition) is 3. The molecule has 0 heterocycles. The Hall–Kier alpha value is -1.29. The van der Waals surface area contributed by atoms with Gasteiger partial charge in [0.05, 0.1) is 0 Å². The van der Waals surface area contributed by atoms with E-state index in [0.717, 1.165) is 11.8 Å². The lowest BCUT2D eigenvalue weighted by molar-refractivity contribution is -0.107. The Morgan fingerprint density at radius 1 is 1.29 bits per heavy atom. The highest BCUT2D eigenvalue weighted by Crippen LogP contribution is 2.32. The summed E-state index contributed by atoms with van der Waals surface area (Å²) in [5.41, 5.74) is 1.09. The third-order valence-corrected chi connectivity index (χ3v) is 4.08. The number of hydrogen-bond donors (Lipinski definition) is 0. The van der Waals surface area contributed by atoms with Crippen LogP contribution >= 0.6 is 35.0 Å². The van der Waals surface area contributed by atoms with Crippen LogP contribution in [0.1, 0.15) is 10.4 Å². The molecule has 0 aliphatic carbocycles. The number of carbonyl (C=O) groups is 2. The highest BCUT2D eigenvalue weighted by atomic mass is 35.5. The quantitative estimate of drug-likeness (QED) is 0.228. The van der Waals surface area contributed by atoms with Gasteiger partial charge in [-0.05, 0) is 0 Å². The zero-order chi connectivity index (χ0) is 15.7. The van der Waals surface area contributed by atoms with Crippen molar-refractivity contribution in [3.63, 3.8) is 0 Å². The SMILES string of the molecule is C=C/C=C(\C=C/CSC(Cl)(Cl)C=O)C(=O)c1ccccc1. The molecule has 0 fully saturated rings. The molecule has 0 unspecified atom stereocenters. The number of alkyl halides is 2. The highest BCUT2D eigenvalue weighted by Gasteiger charge is 2.22. The molecule has 1 rings (SSSR count). The lowest BCUT2D eigenvalue weighted by Crippen LogP contribution is -2.08. The van der Waals surface area contributed by atoms with Gasteiger partial charge in [-0.2, -0.15) is 0 Å². The molecule has 21 heavy (non-hydrogen) atoms. The summed E-state index contributed by atoms with van der Waals surface area (Å²) in [6.45, 7) is 3.60. The maximum atomic E-state index is 12.3. The van der Waals surface area contributed by atoms with Gasteiger partial charge in [-0.15, -0.1) is 11.8 Å². The van der Waals surface area contributed by atoms with Gasteiger partial charge in [-0.1, -0.05) is 84.4 Å². The first-order valence-corrected chi connectivity index (χ1v) is 7.81. The smallest absolute Gasteiger partial charge is 0.218 e. The van der Waals surface area contributed by atoms with Gasteiger partial charge in [0, 0.05) is 16.9 Å². The number of allylic oxidation sites excluding steroid dienone is 4. The monoisotopic (exact) mass is 340 g/mol. The minimum Gasteiger partial charge on any atom is -0.299 e. The van der Waals surface area contributed by atoms with Gasteiger partial charge in [-0.3, -0.25) is 9.59 Å².